The van der Waals surface area contributed by atoms with Crippen LogP contribution in [0.15, 0.2) is 18.2 Å². The number of benzene rings is 1. The van der Waals surface area contributed by atoms with Crippen molar-refractivity contribution in [3.63, 3.8) is 0 Å². The lowest BCUT2D eigenvalue weighted by atomic mass is 9.86. The summed E-state index contributed by atoms with van der Waals surface area (Å²) in [5.74, 6) is -0.572. The van der Waals surface area contributed by atoms with Gasteiger partial charge in [-0.3, -0.25) is 4.79 Å². The number of amides is 1. The Bertz CT molecular complexity index is 558. The second-order valence-electron chi connectivity index (χ2n) is 5.62. The number of carbonyl (C=O) groups is 1. The molecule has 1 saturated heterocycles. The zero-order valence-electron chi connectivity index (χ0n) is 12.3. The van der Waals surface area contributed by atoms with Crippen LogP contribution in [0.3, 0.4) is 0 Å². The van der Waals surface area contributed by atoms with E-state index in [9.17, 15) is 31.1 Å². The topological polar surface area (TPSA) is 20.3 Å². The lowest BCUT2D eigenvalue weighted by molar-refractivity contribution is -0.143. The van der Waals surface area contributed by atoms with Crippen molar-refractivity contribution in [1.82, 2.24) is 4.90 Å². The molecule has 0 atom stereocenters. The van der Waals surface area contributed by atoms with Gasteiger partial charge in [-0.1, -0.05) is 0 Å². The molecule has 1 fully saturated rings. The first kappa shape index (κ1) is 17.7. The number of likely N-dealkylation sites (tertiary alicyclic amines) is 1. The van der Waals surface area contributed by atoms with Gasteiger partial charge in [0.1, 0.15) is 0 Å². The molecule has 0 radical (unpaired) electrons. The van der Waals surface area contributed by atoms with E-state index < -0.39 is 29.4 Å². The zero-order valence-corrected chi connectivity index (χ0v) is 12.3. The quantitative estimate of drug-likeness (QED) is 0.566. The summed E-state index contributed by atoms with van der Waals surface area (Å²) < 4.78 is 77.1. The van der Waals surface area contributed by atoms with Crippen LogP contribution in [0.1, 0.15) is 35.4 Å². The van der Waals surface area contributed by atoms with E-state index in [0.717, 1.165) is 12.1 Å². The van der Waals surface area contributed by atoms with E-state index in [2.05, 4.69) is 0 Å². The van der Waals surface area contributed by atoms with Gasteiger partial charge in [-0.2, -0.15) is 26.3 Å². The molecule has 126 valence electrons. The lowest BCUT2D eigenvalue weighted by Crippen LogP contribution is -2.37. The van der Waals surface area contributed by atoms with Crippen molar-refractivity contribution in [2.45, 2.75) is 31.1 Å². The Morgan fingerprint density at radius 2 is 1.39 bits per heavy atom. The summed E-state index contributed by atoms with van der Waals surface area (Å²) in [7, 11) is 1.38. The van der Waals surface area contributed by atoms with Crippen LogP contribution in [0.2, 0.25) is 0 Å². The maximum absolute atomic E-state index is 12.9. The van der Waals surface area contributed by atoms with Crippen molar-refractivity contribution in [1.29, 1.82) is 0 Å². The van der Waals surface area contributed by atoms with E-state index in [4.69, 9.17) is 0 Å². The maximum atomic E-state index is 12.9. The fourth-order valence-electron chi connectivity index (χ4n) is 2.74. The minimum Gasteiger partial charge on any atom is -0.352 e. The summed E-state index contributed by atoms with van der Waals surface area (Å²) >= 11 is 0. The molecular weight excluding hydrogens is 323 g/mol. The average molecular weight is 337 g/mol. The van der Waals surface area contributed by atoms with E-state index in [0.29, 0.717) is 25.9 Å². The van der Waals surface area contributed by atoms with Crippen LogP contribution in [0.25, 0.3) is 0 Å². The Balaban J connectivity index is 2.33. The van der Waals surface area contributed by atoms with Crippen molar-refractivity contribution in [3.8, 4) is 0 Å². The predicted molar refractivity (Wildman–Crippen MR) is 73.9 cm³/mol. The van der Waals surface area contributed by atoms with Crippen LogP contribution < -0.4 is 0 Å². The smallest absolute Gasteiger partial charge is 0.352 e. The number of alkyl halides is 6. The molecule has 0 unspecified atom stereocenters. The van der Waals surface area contributed by atoms with E-state index in [1.165, 1.54) is 12.7 Å². The van der Waals surface area contributed by atoms with Crippen LogP contribution in [0, 0.1) is 0 Å². The number of hydrogen-bond acceptors (Lipinski definition) is 1. The molecule has 1 aromatic rings. The summed E-state index contributed by atoms with van der Waals surface area (Å²) in [5.41, 5.74) is -2.57. The molecule has 1 amide bonds. The van der Waals surface area contributed by atoms with Crippen molar-refractivity contribution in [2.24, 2.45) is 0 Å². The molecule has 1 aromatic carbocycles. The zero-order chi connectivity index (χ0) is 17.4. The molecule has 0 aromatic heterocycles. The Labute approximate surface area is 129 Å². The average Bonchev–Trinajstić information content (AvgIpc) is 2.45. The highest BCUT2D eigenvalue weighted by molar-refractivity contribution is 6.56. The lowest BCUT2D eigenvalue weighted by Gasteiger charge is -2.32. The highest BCUT2D eigenvalue weighted by atomic mass is 19.4. The van der Waals surface area contributed by atoms with Gasteiger partial charge in [0.25, 0.3) is 0 Å². The number of halogens is 6. The van der Waals surface area contributed by atoms with Gasteiger partial charge < -0.3 is 4.90 Å². The van der Waals surface area contributed by atoms with Crippen molar-refractivity contribution in [2.75, 3.05) is 13.1 Å². The number of rotatable bonds is 1. The molecule has 0 saturated carbocycles. The number of hydrogen-bond donors (Lipinski definition) is 0. The fourth-order valence-corrected chi connectivity index (χ4v) is 2.74. The maximum Gasteiger partial charge on any atom is 0.416 e. The predicted octanol–water partition coefficient (Wildman–Crippen LogP) is 3.66. The minimum absolute atomic E-state index is 0.0235. The second kappa shape index (κ2) is 6.09. The molecule has 0 aliphatic carbocycles. The van der Waals surface area contributed by atoms with Gasteiger partial charge in [0.05, 0.1) is 11.1 Å². The van der Waals surface area contributed by atoms with E-state index in [-0.39, 0.29) is 17.4 Å². The molecule has 23 heavy (non-hydrogen) atoms. The molecule has 1 aliphatic heterocycles. The first-order valence-electron chi connectivity index (χ1n) is 7.03. The molecule has 0 N–H and O–H groups in total. The molecular formula is C14H14BF6NO. The van der Waals surface area contributed by atoms with E-state index in [1.807, 2.05) is 0 Å². The third-order valence-corrected chi connectivity index (χ3v) is 4.02. The van der Waals surface area contributed by atoms with Crippen LogP contribution >= 0.6 is 0 Å². The molecule has 2 nitrogen and oxygen atoms in total. The van der Waals surface area contributed by atoms with Crippen molar-refractivity contribution < 1.29 is 31.1 Å². The summed E-state index contributed by atoms with van der Waals surface area (Å²) in [5, 5.41) is 0. The van der Waals surface area contributed by atoms with Gasteiger partial charge in [0.15, 0.2) is 5.81 Å². The molecule has 2 rings (SSSR count). The third kappa shape index (κ3) is 4.20. The fraction of sp³-hybridized carbons (Fsp3) is 0.500. The normalized spacial score (nSPS) is 17.4. The standard InChI is InChI=1S/C14H14BF6NO/c15-12(23)22-3-1-8(2-4-22)9-5-10(13(16,17)18)7-11(6-9)14(19,20)21/h5-8H,1-4,15H2. The van der Waals surface area contributed by atoms with Crippen molar-refractivity contribution >= 4 is 13.7 Å². The Morgan fingerprint density at radius 3 is 1.74 bits per heavy atom. The van der Waals surface area contributed by atoms with Crippen molar-refractivity contribution in [3.05, 3.63) is 34.9 Å². The van der Waals surface area contributed by atoms with Gasteiger partial charge in [0, 0.05) is 13.1 Å². The van der Waals surface area contributed by atoms with Gasteiger partial charge in [-0.25, -0.2) is 0 Å². The molecule has 0 spiro atoms. The third-order valence-electron chi connectivity index (χ3n) is 4.02. The van der Waals surface area contributed by atoms with Gasteiger partial charge in [-0.15, -0.1) is 0 Å². The van der Waals surface area contributed by atoms with Gasteiger partial charge >= 0.3 is 12.4 Å². The van der Waals surface area contributed by atoms with Crippen LogP contribution in [-0.4, -0.2) is 31.6 Å². The van der Waals surface area contributed by atoms with Gasteiger partial charge in [0.2, 0.25) is 7.85 Å². The monoisotopic (exact) mass is 337 g/mol. The molecule has 9 heteroatoms. The summed E-state index contributed by atoms with van der Waals surface area (Å²) in [6.07, 6.45) is -8.98. The van der Waals surface area contributed by atoms with Gasteiger partial charge in [-0.05, 0) is 42.5 Å². The largest absolute Gasteiger partial charge is 0.416 e. The molecule has 1 heterocycles. The van der Waals surface area contributed by atoms with E-state index in [1.54, 1.807) is 0 Å². The Hall–Kier alpha value is -1.67. The summed E-state index contributed by atoms with van der Waals surface area (Å²) in [4.78, 5) is 12.8. The first-order chi connectivity index (χ1) is 10.5. The second-order valence-corrected chi connectivity index (χ2v) is 5.62. The summed E-state index contributed by atoms with van der Waals surface area (Å²) in [6.45, 7) is 0.662. The van der Waals surface area contributed by atoms with E-state index >= 15 is 0 Å². The highest BCUT2D eigenvalue weighted by Crippen LogP contribution is 2.39. The SMILES string of the molecule is BC(=O)N1CCC(c2cc(C(F)(F)F)cc(C(F)(F)F)c2)CC1. The van der Waals surface area contributed by atoms with Crippen LogP contribution in [0.4, 0.5) is 31.1 Å². The number of carbonyl (C=O) groups excluding carboxylic acids is 1. The first-order valence-corrected chi connectivity index (χ1v) is 7.03. The van der Waals surface area contributed by atoms with Crippen LogP contribution in [-0.2, 0) is 12.4 Å². The number of nitrogens with zero attached hydrogens (tertiary/aromatic N) is 1. The summed E-state index contributed by atoms with van der Waals surface area (Å²) in [6, 6.07) is 1.70. The number of piperidine rings is 1. The Kier molecular flexibility index (Phi) is 4.68. The molecule has 1 aliphatic rings. The molecule has 0 bridgehead atoms. The Morgan fingerprint density at radius 1 is 0.957 bits per heavy atom. The highest BCUT2D eigenvalue weighted by Gasteiger charge is 2.37. The van der Waals surface area contributed by atoms with Crippen LogP contribution in [0.5, 0.6) is 0 Å². The minimum atomic E-state index is -4.84.